The summed E-state index contributed by atoms with van der Waals surface area (Å²) in [7, 11) is -0.944. The van der Waals surface area contributed by atoms with Gasteiger partial charge < -0.3 is 14.2 Å². The summed E-state index contributed by atoms with van der Waals surface area (Å²) in [4.78, 5) is 31.5. The molecule has 1 aliphatic rings. The smallest absolute Gasteiger partial charge is 0.411 e. The average molecular weight is 665 g/mol. The second-order valence-corrected chi connectivity index (χ2v) is 16.0. The number of nitrogens with zero attached hydrogens (tertiary/aromatic N) is 8. The molecule has 0 saturated carbocycles. The largest absolute Gasteiger partial charge is 0.451 e. The van der Waals surface area contributed by atoms with Gasteiger partial charge >= 0.3 is 12.4 Å². The predicted molar refractivity (Wildman–Crippen MR) is 154 cm³/mol. The molecule has 1 atom stereocenters. The summed E-state index contributed by atoms with van der Waals surface area (Å²) in [5.41, 5.74) is -1.03. The number of hydrogen-bond donors (Lipinski definition) is 0. The molecule has 3 aromatic heterocycles. The maximum absolute atomic E-state index is 13.6. The number of anilines is 1. The summed E-state index contributed by atoms with van der Waals surface area (Å²) in [6, 6.07) is -0.421. The number of halogens is 6. The Morgan fingerprint density at radius 1 is 1.02 bits per heavy atom. The minimum Gasteiger partial charge on any atom is -0.411 e. The van der Waals surface area contributed by atoms with Crippen LogP contribution in [0.4, 0.5) is 31.3 Å². The van der Waals surface area contributed by atoms with E-state index in [0.717, 1.165) is 12.4 Å². The van der Waals surface area contributed by atoms with E-state index in [0.29, 0.717) is 23.0 Å². The number of hydrogen-bond acceptors (Lipinski definition) is 9. The quantitative estimate of drug-likeness (QED) is 0.262. The number of piperazine rings is 1. The lowest BCUT2D eigenvalue weighted by Gasteiger charge is -2.40. The van der Waals surface area contributed by atoms with Gasteiger partial charge in [-0.25, -0.2) is 24.6 Å². The topological polar surface area (TPSA) is 102 Å². The van der Waals surface area contributed by atoms with Gasteiger partial charge in [-0.15, -0.1) is 0 Å². The number of alkyl halides is 6. The third-order valence-corrected chi connectivity index (χ3v) is 9.63. The van der Waals surface area contributed by atoms with Crippen molar-refractivity contribution in [3.8, 4) is 11.3 Å². The van der Waals surface area contributed by atoms with E-state index in [-0.39, 0.29) is 53.4 Å². The maximum Gasteiger partial charge on any atom is 0.451 e. The Bertz CT molecular complexity index is 1480. The fraction of sp³-hybridized carbons (Fsp3) is 0.615. The van der Waals surface area contributed by atoms with E-state index < -0.39 is 44.6 Å². The molecule has 1 aliphatic heterocycles. The number of carbonyl (C=O) groups excluding carboxylic acids is 1. The van der Waals surface area contributed by atoms with E-state index in [1.165, 1.54) is 4.68 Å². The van der Waals surface area contributed by atoms with Crippen molar-refractivity contribution in [1.82, 2.24) is 34.6 Å². The van der Waals surface area contributed by atoms with Gasteiger partial charge in [0.2, 0.25) is 16.7 Å². The molecule has 0 radical (unpaired) electrons. The zero-order valence-corrected chi connectivity index (χ0v) is 27.6. The molecule has 0 N–H and O–H groups in total. The van der Waals surface area contributed by atoms with Gasteiger partial charge in [0.05, 0.1) is 0 Å². The van der Waals surface area contributed by atoms with Crippen LogP contribution in [0.25, 0.3) is 11.3 Å². The van der Waals surface area contributed by atoms with Crippen LogP contribution in [0.1, 0.15) is 64.0 Å². The molecule has 0 aliphatic carbocycles. The van der Waals surface area contributed by atoms with Crippen molar-refractivity contribution < 1.29 is 35.6 Å². The van der Waals surface area contributed by atoms with Crippen molar-refractivity contribution in [2.45, 2.75) is 84.0 Å². The lowest BCUT2D eigenvalue weighted by molar-refractivity contribution is -0.145. The van der Waals surface area contributed by atoms with Gasteiger partial charge in [-0.3, -0.25) is 4.79 Å². The lowest BCUT2D eigenvalue weighted by atomic mass is 10.1. The molecule has 4 rings (SSSR count). The van der Waals surface area contributed by atoms with Gasteiger partial charge in [0.15, 0.2) is 15.6 Å². The molecular weight excluding hydrogens is 630 g/mol. The summed E-state index contributed by atoms with van der Waals surface area (Å²) in [6.07, 6.45) is -7.95. The first kappa shape index (κ1) is 33.8. The Balaban J connectivity index is 1.53. The van der Waals surface area contributed by atoms with Crippen LogP contribution in [0, 0.1) is 6.92 Å². The van der Waals surface area contributed by atoms with Crippen molar-refractivity contribution >= 4 is 32.0 Å². The summed E-state index contributed by atoms with van der Waals surface area (Å²) < 4.78 is 87.6. The SMILES string of the molecule is Cc1nc(C(C)(C)O[SiH2]C(C)(C)C)n(CC(=O)N2CCN(c3sc(C(F)(F)F)nc3-c3cnc(C(F)(F)F)nc3)C[C@H]2C)n1. The minimum atomic E-state index is -4.80. The van der Waals surface area contributed by atoms with E-state index in [9.17, 15) is 31.1 Å². The van der Waals surface area contributed by atoms with E-state index in [2.05, 4.69) is 45.8 Å². The maximum atomic E-state index is 13.6. The molecule has 0 aromatic carbocycles. The van der Waals surface area contributed by atoms with Gasteiger partial charge in [0, 0.05) is 43.6 Å². The van der Waals surface area contributed by atoms with Gasteiger partial charge in [0.1, 0.15) is 28.7 Å². The summed E-state index contributed by atoms with van der Waals surface area (Å²) >= 11 is 0.381. The molecule has 1 fully saturated rings. The van der Waals surface area contributed by atoms with Gasteiger partial charge in [-0.2, -0.15) is 31.4 Å². The normalized spacial score (nSPS) is 17.2. The molecule has 0 bridgehead atoms. The Hall–Kier alpha value is -3.12. The zero-order chi connectivity index (χ0) is 32.8. The summed E-state index contributed by atoms with van der Waals surface area (Å²) in [5, 5.41) is 3.42. The van der Waals surface area contributed by atoms with Crippen LogP contribution in [-0.4, -0.2) is 76.0 Å². The average Bonchev–Trinajstić information content (AvgIpc) is 3.51. The standard InChI is InChI=1S/C26H34F6N8O2SSi/c1-14-12-38(19-18(36-22(43-19)26(30,31)32)16-10-33-20(34-11-16)25(27,28)29)8-9-39(14)17(41)13-40-21(35-15(2)37-40)24(6,7)42-44-23(3,4)5/h10-11,14H,8-9,12-13,44H2,1-7H3/t14-/m1/s1. The highest BCUT2D eigenvalue weighted by atomic mass is 32.1. The van der Waals surface area contributed by atoms with E-state index in [1.54, 1.807) is 23.6 Å². The Morgan fingerprint density at radius 2 is 1.66 bits per heavy atom. The van der Waals surface area contributed by atoms with Crippen LogP contribution in [-0.2, 0) is 33.7 Å². The van der Waals surface area contributed by atoms with Crippen molar-refractivity contribution in [3.63, 3.8) is 0 Å². The molecule has 0 spiro atoms. The third kappa shape index (κ3) is 7.74. The number of amides is 1. The Morgan fingerprint density at radius 3 is 2.20 bits per heavy atom. The van der Waals surface area contributed by atoms with Crippen LogP contribution in [0.3, 0.4) is 0 Å². The summed E-state index contributed by atoms with van der Waals surface area (Å²) in [6.45, 7) is 14.0. The number of aryl methyl sites for hydroxylation is 1. The molecule has 242 valence electrons. The van der Waals surface area contributed by atoms with Crippen molar-refractivity contribution in [3.05, 3.63) is 34.9 Å². The molecule has 1 amide bonds. The number of rotatable bonds is 7. The second-order valence-electron chi connectivity index (χ2n) is 12.3. The van der Waals surface area contributed by atoms with Gasteiger partial charge in [-0.1, -0.05) is 32.1 Å². The monoisotopic (exact) mass is 664 g/mol. The first-order chi connectivity index (χ1) is 20.2. The Kier molecular flexibility index (Phi) is 9.21. The third-order valence-electron chi connectivity index (χ3n) is 6.73. The van der Waals surface area contributed by atoms with Crippen molar-refractivity contribution in [1.29, 1.82) is 0 Å². The molecular formula is C26H34F6N8O2SSi. The fourth-order valence-electron chi connectivity index (χ4n) is 4.64. The highest BCUT2D eigenvalue weighted by Crippen LogP contribution is 2.43. The second kappa shape index (κ2) is 12.0. The van der Waals surface area contributed by atoms with Crippen LogP contribution in [0.15, 0.2) is 12.4 Å². The van der Waals surface area contributed by atoms with Crippen molar-refractivity contribution in [2.24, 2.45) is 0 Å². The highest BCUT2D eigenvalue weighted by Gasteiger charge is 2.40. The van der Waals surface area contributed by atoms with E-state index in [4.69, 9.17) is 4.43 Å². The van der Waals surface area contributed by atoms with Crippen LogP contribution in [0.5, 0.6) is 0 Å². The Labute approximate surface area is 256 Å². The highest BCUT2D eigenvalue weighted by molar-refractivity contribution is 7.16. The zero-order valence-electron chi connectivity index (χ0n) is 25.3. The molecule has 4 heterocycles. The number of thiazole rings is 1. The van der Waals surface area contributed by atoms with E-state index >= 15 is 0 Å². The lowest BCUT2D eigenvalue weighted by Crippen LogP contribution is -2.55. The van der Waals surface area contributed by atoms with E-state index in [1.807, 2.05) is 13.8 Å². The minimum absolute atomic E-state index is 0.0421. The molecule has 1 saturated heterocycles. The van der Waals surface area contributed by atoms with Crippen LogP contribution < -0.4 is 4.90 Å². The first-order valence-electron chi connectivity index (χ1n) is 13.7. The van der Waals surface area contributed by atoms with Gasteiger partial charge in [0.25, 0.3) is 0 Å². The number of aromatic nitrogens is 6. The molecule has 10 nitrogen and oxygen atoms in total. The van der Waals surface area contributed by atoms with Gasteiger partial charge in [-0.05, 0) is 32.7 Å². The van der Waals surface area contributed by atoms with Crippen molar-refractivity contribution in [2.75, 3.05) is 24.5 Å². The molecule has 3 aromatic rings. The first-order valence-corrected chi connectivity index (χ1v) is 15.8. The fourth-order valence-corrected chi connectivity index (χ4v) is 6.55. The molecule has 0 unspecified atom stereocenters. The summed E-state index contributed by atoms with van der Waals surface area (Å²) in [5.74, 6) is -0.639. The molecule has 18 heteroatoms. The predicted octanol–water partition coefficient (Wildman–Crippen LogP) is 4.83. The van der Waals surface area contributed by atoms with Crippen LogP contribution in [0.2, 0.25) is 5.04 Å². The number of carbonyl (C=O) groups is 1. The van der Waals surface area contributed by atoms with Crippen LogP contribution >= 0.6 is 11.3 Å². The molecule has 44 heavy (non-hydrogen) atoms.